The molecule has 1 nitrogen and oxygen atoms in total. The molecule has 0 aliphatic heterocycles. The maximum atomic E-state index is 4.50. The molecular formula is C12H21N. The van der Waals surface area contributed by atoms with Gasteiger partial charge < -0.3 is 5.73 Å². The summed E-state index contributed by atoms with van der Waals surface area (Å²) in [6.45, 7) is 2.24. The third-order valence-corrected chi connectivity index (χ3v) is 1.91. The predicted molar refractivity (Wildman–Crippen MR) is 59.8 cm³/mol. The van der Waals surface area contributed by atoms with Crippen LogP contribution in [0.3, 0.4) is 0 Å². The van der Waals surface area contributed by atoms with Crippen LogP contribution in [0.2, 0.25) is 0 Å². The van der Waals surface area contributed by atoms with E-state index in [1.165, 1.54) is 38.3 Å². The summed E-state index contributed by atoms with van der Waals surface area (Å²) in [5.74, 6) is 0. The van der Waals surface area contributed by atoms with Gasteiger partial charge in [0.05, 0.1) is 0 Å². The monoisotopic (exact) mass is 179 g/mol. The highest BCUT2D eigenvalue weighted by Gasteiger charge is 1.89. The van der Waals surface area contributed by atoms with E-state index in [2.05, 4.69) is 43.0 Å². The molecule has 13 heavy (non-hydrogen) atoms. The van der Waals surface area contributed by atoms with Crippen LogP contribution in [0.4, 0.5) is 0 Å². The summed E-state index contributed by atoms with van der Waals surface area (Å²) in [6, 6.07) is 10.7. The van der Waals surface area contributed by atoms with Crippen LogP contribution in [-0.2, 0) is 6.42 Å². The topological polar surface area (TPSA) is 26.0 Å². The number of hydrogen-bond acceptors (Lipinski definition) is 1. The summed E-state index contributed by atoms with van der Waals surface area (Å²) in [5, 5.41) is 0. The lowest BCUT2D eigenvalue weighted by Crippen LogP contribution is -1.83. The average molecular weight is 179 g/mol. The lowest BCUT2D eigenvalue weighted by Gasteiger charge is -1.98. The van der Waals surface area contributed by atoms with Gasteiger partial charge in [0, 0.05) is 0 Å². The number of rotatable bonds is 4. The first-order valence-electron chi connectivity index (χ1n) is 5.05. The Labute approximate surface area is 82.0 Å². The van der Waals surface area contributed by atoms with Crippen molar-refractivity contribution in [3.63, 3.8) is 0 Å². The number of benzene rings is 1. The third kappa shape index (κ3) is 6.35. The van der Waals surface area contributed by atoms with Gasteiger partial charge in [0.15, 0.2) is 0 Å². The fraction of sp³-hybridized carbons (Fsp3) is 0.500. The first-order chi connectivity index (χ1) is 6.43. The van der Waals surface area contributed by atoms with Crippen LogP contribution in [0.1, 0.15) is 31.7 Å². The molecule has 0 fully saturated rings. The summed E-state index contributed by atoms with van der Waals surface area (Å²) in [5.41, 5.74) is 5.97. The van der Waals surface area contributed by atoms with Gasteiger partial charge >= 0.3 is 0 Å². The molecule has 1 aromatic carbocycles. The summed E-state index contributed by atoms with van der Waals surface area (Å²) < 4.78 is 0. The van der Waals surface area contributed by atoms with Crippen LogP contribution in [0.25, 0.3) is 0 Å². The second-order valence-corrected chi connectivity index (χ2v) is 2.94. The van der Waals surface area contributed by atoms with Crippen LogP contribution < -0.4 is 5.73 Å². The first kappa shape index (κ1) is 12.2. The Morgan fingerprint density at radius 2 is 1.62 bits per heavy atom. The Morgan fingerprint density at radius 3 is 2.15 bits per heavy atom. The molecule has 0 aliphatic carbocycles. The molecule has 0 saturated carbocycles. The number of hydrogen-bond donors (Lipinski definition) is 1. The van der Waals surface area contributed by atoms with Crippen LogP contribution in [-0.4, -0.2) is 7.05 Å². The van der Waals surface area contributed by atoms with Crippen molar-refractivity contribution in [1.29, 1.82) is 0 Å². The van der Waals surface area contributed by atoms with Crippen LogP contribution in [0, 0.1) is 0 Å². The van der Waals surface area contributed by atoms with Gasteiger partial charge in [0.2, 0.25) is 0 Å². The molecule has 0 spiro atoms. The number of unbranched alkanes of at least 4 members (excludes halogenated alkanes) is 2. The van der Waals surface area contributed by atoms with E-state index in [0.29, 0.717) is 0 Å². The summed E-state index contributed by atoms with van der Waals surface area (Å²) in [6.07, 6.45) is 5.25. The smallest absolute Gasteiger partial charge is 0.0195 e. The van der Waals surface area contributed by atoms with E-state index in [-0.39, 0.29) is 0 Å². The van der Waals surface area contributed by atoms with Gasteiger partial charge in [-0.15, -0.1) is 0 Å². The third-order valence-electron chi connectivity index (χ3n) is 1.91. The van der Waals surface area contributed by atoms with E-state index in [0.717, 1.165) is 0 Å². The highest BCUT2D eigenvalue weighted by Crippen LogP contribution is 2.05. The average Bonchev–Trinajstić information content (AvgIpc) is 2.23. The van der Waals surface area contributed by atoms with Crippen molar-refractivity contribution in [2.24, 2.45) is 5.73 Å². The number of aryl methyl sites for hydroxylation is 1. The van der Waals surface area contributed by atoms with Gasteiger partial charge in [-0.3, -0.25) is 0 Å². The van der Waals surface area contributed by atoms with Crippen molar-refractivity contribution in [1.82, 2.24) is 0 Å². The fourth-order valence-corrected chi connectivity index (χ4v) is 1.22. The highest BCUT2D eigenvalue weighted by atomic mass is 14.4. The zero-order valence-electron chi connectivity index (χ0n) is 8.79. The molecule has 1 rings (SSSR count). The fourth-order valence-electron chi connectivity index (χ4n) is 1.22. The van der Waals surface area contributed by atoms with Gasteiger partial charge in [-0.1, -0.05) is 50.1 Å². The Morgan fingerprint density at radius 1 is 1.00 bits per heavy atom. The van der Waals surface area contributed by atoms with Crippen LogP contribution in [0.15, 0.2) is 30.3 Å². The van der Waals surface area contributed by atoms with Crippen LogP contribution >= 0.6 is 0 Å². The molecular weight excluding hydrogens is 158 g/mol. The first-order valence-corrected chi connectivity index (χ1v) is 5.05. The Bertz CT molecular complexity index is 182. The minimum atomic E-state index is 1.24. The van der Waals surface area contributed by atoms with Crippen LogP contribution in [0.5, 0.6) is 0 Å². The van der Waals surface area contributed by atoms with E-state index >= 15 is 0 Å². The molecule has 0 unspecified atom stereocenters. The summed E-state index contributed by atoms with van der Waals surface area (Å²) in [7, 11) is 1.50. The molecule has 0 aliphatic rings. The zero-order valence-corrected chi connectivity index (χ0v) is 8.79. The van der Waals surface area contributed by atoms with E-state index in [4.69, 9.17) is 0 Å². The minimum Gasteiger partial charge on any atom is -0.333 e. The lowest BCUT2D eigenvalue weighted by atomic mass is 10.1. The highest BCUT2D eigenvalue weighted by molar-refractivity contribution is 5.14. The Hall–Kier alpha value is -0.820. The molecule has 1 heteroatoms. The molecule has 2 N–H and O–H groups in total. The van der Waals surface area contributed by atoms with Gasteiger partial charge in [-0.25, -0.2) is 0 Å². The molecule has 1 aromatic rings. The van der Waals surface area contributed by atoms with Crippen molar-refractivity contribution in [2.45, 2.75) is 32.6 Å². The van der Waals surface area contributed by atoms with Gasteiger partial charge in [-0.2, -0.15) is 0 Å². The maximum Gasteiger partial charge on any atom is -0.0195 e. The minimum absolute atomic E-state index is 1.24. The van der Waals surface area contributed by atoms with Gasteiger partial charge in [0.1, 0.15) is 0 Å². The summed E-state index contributed by atoms with van der Waals surface area (Å²) in [4.78, 5) is 0. The Balaban J connectivity index is 0.000000671. The van der Waals surface area contributed by atoms with E-state index in [1.54, 1.807) is 0 Å². The second-order valence-electron chi connectivity index (χ2n) is 2.94. The largest absolute Gasteiger partial charge is 0.333 e. The van der Waals surface area contributed by atoms with Crippen molar-refractivity contribution in [3.05, 3.63) is 35.9 Å². The predicted octanol–water partition coefficient (Wildman–Crippen LogP) is 2.99. The van der Waals surface area contributed by atoms with Crippen molar-refractivity contribution in [3.8, 4) is 0 Å². The van der Waals surface area contributed by atoms with Gasteiger partial charge in [-0.05, 0) is 25.5 Å². The molecule has 0 amide bonds. The number of nitrogens with two attached hydrogens (primary N) is 1. The molecule has 0 radical (unpaired) electrons. The maximum absolute atomic E-state index is 4.50. The van der Waals surface area contributed by atoms with Crippen molar-refractivity contribution in [2.75, 3.05) is 7.05 Å². The Kier molecular flexibility index (Phi) is 8.68. The summed E-state index contributed by atoms with van der Waals surface area (Å²) >= 11 is 0. The van der Waals surface area contributed by atoms with Crippen molar-refractivity contribution < 1.29 is 0 Å². The quantitative estimate of drug-likeness (QED) is 0.706. The molecule has 0 atom stereocenters. The molecule has 0 aromatic heterocycles. The molecule has 0 bridgehead atoms. The zero-order chi connectivity index (χ0) is 9.94. The van der Waals surface area contributed by atoms with E-state index in [1.807, 2.05) is 0 Å². The molecule has 0 heterocycles. The molecule has 0 saturated heterocycles. The van der Waals surface area contributed by atoms with Gasteiger partial charge in [0.25, 0.3) is 0 Å². The molecule has 74 valence electrons. The standard InChI is InChI=1S/C11H16.CH5N/c1-2-3-5-8-11-9-6-4-7-10-11;1-2/h4,6-7,9-10H,2-3,5,8H2,1H3;2H2,1H3. The van der Waals surface area contributed by atoms with Crippen molar-refractivity contribution >= 4 is 0 Å². The normalized spacial score (nSPS) is 8.85. The lowest BCUT2D eigenvalue weighted by molar-refractivity contribution is 0.717. The SMILES string of the molecule is CCCCCc1ccccc1.CN. The van der Waals surface area contributed by atoms with E-state index in [9.17, 15) is 0 Å². The second kappa shape index (κ2) is 9.27. The van der Waals surface area contributed by atoms with E-state index < -0.39 is 0 Å².